The predicted molar refractivity (Wildman–Crippen MR) is 97.2 cm³/mol. The average molecular weight is 338 g/mol. The van der Waals surface area contributed by atoms with Crippen molar-refractivity contribution in [2.24, 2.45) is 0 Å². The van der Waals surface area contributed by atoms with Gasteiger partial charge in [-0.05, 0) is 30.2 Å². The van der Waals surface area contributed by atoms with Crippen molar-refractivity contribution >= 4 is 23.2 Å². The van der Waals surface area contributed by atoms with Crippen LogP contribution in [-0.2, 0) is 16.1 Å². The Kier molecular flexibility index (Phi) is 4.97. The Bertz CT molecular complexity index is 763. The van der Waals surface area contributed by atoms with Crippen molar-refractivity contribution in [3.63, 3.8) is 0 Å². The zero-order valence-corrected chi connectivity index (χ0v) is 14.5. The topological polar surface area (TPSA) is 65.5 Å². The lowest BCUT2D eigenvalue weighted by atomic mass is 10.1. The van der Waals surface area contributed by atoms with Crippen LogP contribution in [0.1, 0.15) is 18.9 Å². The van der Waals surface area contributed by atoms with Crippen LogP contribution in [0.4, 0.5) is 11.4 Å². The molecule has 0 fully saturated rings. The number of likely N-dealkylation sites (N-methyl/N-ethyl adjacent to an activating group) is 1. The number of pyridine rings is 1. The Morgan fingerprint density at radius 1 is 1.24 bits per heavy atom. The molecule has 2 amide bonds. The van der Waals surface area contributed by atoms with Crippen LogP contribution in [0.3, 0.4) is 0 Å². The largest absolute Gasteiger partial charge is 0.372 e. The second-order valence-electron chi connectivity index (χ2n) is 6.20. The fourth-order valence-corrected chi connectivity index (χ4v) is 3.18. The first kappa shape index (κ1) is 17.0. The van der Waals surface area contributed by atoms with E-state index in [2.05, 4.69) is 15.2 Å². The highest BCUT2D eigenvalue weighted by molar-refractivity contribution is 6.39. The second-order valence-corrected chi connectivity index (χ2v) is 6.20. The zero-order valence-electron chi connectivity index (χ0n) is 14.5. The first-order valence-corrected chi connectivity index (χ1v) is 8.41. The monoisotopic (exact) mass is 338 g/mol. The summed E-state index contributed by atoms with van der Waals surface area (Å²) in [5.74, 6) is -1.14. The molecule has 0 radical (unpaired) electrons. The molecular weight excluding hydrogens is 316 g/mol. The number of anilines is 2. The molecule has 1 N–H and O–H groups in total. The van der Waals surface area contributed by atoms with Crippen LogP contribution < -0.4 is 10.2 Å². The molecule has 2 aromatic rings. The van der Waals surface area contributed by atoms with E-state index in [-0.39, 0.29) is 6.04 Å². The minimum atomic E-state index is -0.631. The molecule has 0 bridgehead atoms. The lowest BCUT2D eigenvalue weighted by molar-refractivity contribution is -0.145. The van der Waals surface area contributed by atoms with E-state index in [0.29, 0.717) is 18.8 Å². The third-order valence-corrected chi connectivity index (χ3v) is 4.51. The number of amides is 2. The van der Waals surface area contributed by atoms with Crippen molar-refractivity contribution in [3.8, 4) is 0 Å². The Morgan fingerprint density at radius 3 is 2.76 bits per heavy atom. The number of nitrogens with zero attached hydrogens (tertiary/aromatic N) is 3. The number of benzene rings is 1. The third-order valence-electron chi connectivity index (χ3n) is 4.51. The van der Waals surface area contributed by atoms with E-state index in [0.717, 1.165) is 17.7 Å². The maximum Gasteiger partial charge on any atom is 0.313 e. The first-order chi connectivity index (χ1) is 12.1. The summed E-state index contributed by atoms with van der Waals surface area (Å²) in [5, 5.41) is 2.63. The minimum absolute atomic E-state index is 0.0236. The summed E-state index contributed by atoms with van der Waals surface area (Å²) >= 11 is 0. The van der Waals surface area contributed by atoms with E-state index in [1.807, 2.05) is 38.2 Å². The average Bonchev–Trinajstić information content (AvgIpc) is 2.78. The molecule has 1 aliphatic heterocycles. The number of rotatable bonds is 2. The highest BCUT2D eigenvalue weighted by Gasteiger charge is 2.32. The van der Waals surface area contributed by atoms with Crippen LogP contribution in [0.15, 0.2) is 48.8 Å². The number of nitrogens with one attached hydrogen (secondary N) is 1. The standard InChI is InChI=1S/C19H22N4O2/c1-3-16-13-22(2)17-9-5-4-7-14(17)12-23(16)19(25)18(24)21-15-8-6-10-20-11-15/h4-11,16H,3,12-13H2,1-2H3,(H,21,24)/t16-/m1/s1. The molecule has 0 saturated carbocycles. The predicted octanol–water partition coefficient (Wildman–Crippen LogP) is 2.28. The highest BCUT2D eigenvalue weighted by atomic mass is 16.2. The molecule has 0 aliphatic carbocycles. The fraction of sp³-hybridized carbons (Fsp3) is 0.316. The summed E-state index contributed by atoms with van der Waals surface area (Å²) in [6.07, 6.45) is 3.92. The van der Waals surface area contributed by atoms with Crippen LogP contribution in [0.2, 0.25) is 0 Å². The molecule has 0 spiro atoms. The van der Waals surface area contributed by atoms with Gasteiger partial charge in [-0.2, -0.15) is 0 Å². The SMILES string of the molecule is CC[C@@H]1CN(C)c2ccccc2CN1C(=O)C(=O)Nc1cccnc1. The maximum absolute atomic E-state index is 12.8. The van der Waals surface area contributed by atoms with Gasteiger partial charge >= 0.3 is 11.8 Å². The van der Waals surface area contributed by atoms with Crippen molar-refractivity contribution in [2.45, 2.75) is 25.9 Å². The van der Waals surface area contributed by atoms with Crippen molar-refractivity contribution in [1.82, 2.24) is 9.88 Å². The Morgan fingerprint density at radius 2 is 2.04 bits per heavy atom. The molecule has 6 nitrogen and oxygen atoms in total. The summed E-state index contributed by atoms with van der Waals surface area (Å²) in [6, 6.07) is 11.4. The van der Waals surface area contributed by atoms with Crippen molar-refractivity contribution in [2.75, 3.05) is 23.8 Å². The molecule has 0 saturated heterocycles. The van der Waals surface area contributed by atoms with E-state index in [1.54, 1.807) is 23.2 Å². The number of aromatic nitrogens is 1. The Balaban J connectivity index is 1.83. The highest BCUT2D eigenvalue weighted by Crippen LogP contribution is 2.27. The van der Waals surface area contributed by atoms with Gasteiger partial charge in [-0.3, -0.25) is 14.6 Å². The van der Waals surface area contributed by atoms with Gasteiger partial charge in [0.1, 0.15) is 0 Å². The van der Waals surface area contributed by atoms with E-state index in [9.17, 15) is 9.59 Å². The van der Waals surface area contributed by atoms with Crippen LogP contribution >= 0.6 is 0 Å². The van der Waals surface area contributed by atoms with Gasteiger partial charge in [0.05, 0.1) is 11.9 Å². The summed E-state index contributed by atoms with van der Waals surface area (Å²) < 4.78 is 0. The van der Waals surface area contributed by atoms with Crippen LogP contribution in [-0.4, -0.2) is 41.3 Å². The molecule has 1 aromatic heterocycles. The molecule has 25 heavy (non-hydrogen) atoms. The van der Waals surface area contributed by atoms with E-state index in [1.165, 1.54) is 6.20 Å². The van der Waals surface area contributed by atoms with Crippen molar-refractivity contribution < 1.29 is 9.59 Å². The van der Waals surface area contributed by atoms with Gasteiger partial charge < -0.3 is 15.1 Å². The summed E-state index contributed by atoms with van der Waals surface area (Å²) in [6.45, 7) is 3.16. The smallest absolute Gasteiger partial charge is 0.313 e. The van der Waals surface area contributed by atoms with Gasteiger partial charge in [0.2, 0.25) is 0 Å². The lowest BCUT2D eigenvalue weighted by Crippen LogP contribution is -2.47. The summed E-state index contributed by atoms with van der Waals surface area (Å²) in [5.41, 5.74) is 2.66. The molecule has 1 aliphatic rings. The quantitative estimate of drug-likeness (QED) is 0.853. The molecule has 0 unspecified atom stereocenters. The van der Waals surface area contributed by atoms with Crippen molar-refractivity contribution in [3.05, 3.63) is 54.4 Å². The maximum atomic E-state index is 12.8. The zero-order chi connectivity index (χ0) is 17.8. The van der Waals surface area contributed by atoms with Crippen molar-refractivity contribution in [1.29, 1.82) is 0 Å². The van der Waals surface area contributed by atoms with E-state index in [4.69, 9.17) is 0 Å². The van der Waals surface area contributed by atoms with Gasteiger partial charge in [0.15, 0.2) is 0 Å². The van der Waals surface area contributed by atoms with Gasteiger partial charge in [-0.1, -0.05) is 25.1 Å². The van der Waals surface area contributed by atoms with Crippen LogP contribution in [0.5, 0.6) is 0 Å². The van der Waals surface area contributed by atoms with E-state index < -0.39 is 11.8 Å². The van der Waals surface area contributed by atoms with Gasteiger partial charge in [-0.15, -0.1) is 0 Å². The molecule has 1 atom stereocenters. The fourth-order valence-electron chi connectivity index (χ4n) is 3.18. The number of carbonyl (C=O) groups is 2. The van der Waals surface area contributed by atoms with E-state index >= 15 is 0 Å². The lowest BCUT2D eigenvalue weighted by Gasteiger charge is -2.30. The first-order valence-electron chi connectivity index (χ1n) is 8.41. The third kappa shape index (κ3) is 3.63. The summed E-state index contributed by atoms with van der Waals surface area (Å²) in [4.78, 5) is 33.0. The number of fused-ring (bicyclic) bond motifs is 1. The van der Waals surface area contributed by atoms with Crippen LogP contribution in [0, 0.1) is 0 Å². The van der Waals surface area contributed by atoms with Gasteiger partial charge in [-0.25, -0.2) is 0 Å². The number of carbonyl (C=O) groups excluding carboxylic acids is 2. The number of hydrogen-bond acceptors (Lipinski definition) is 4. The summed E-state index contributed by atoms with van der Waals surface area (Å²) in [7, 11) is 2.02. The van der Waals surface area contributed by atoms with Gasteiger partial charge in [0, 0.05) is 38.1 Å². The Hall–Kier alpha value is -2.89. The van der Waals surface area contributed by atoms with Gasteiger partial charge in [0.25, 0.3) is 0 Å². The molecular formula is C19H22N4O2. The molecule has 6 heteroatoms. The molecule has 3 rings (SSSR count). The number of hydrogen-bond donors (Lipinski definition) is 1. The second kappa shape index (κ2) is 7.34. The van der Waals surface area contributed by atoms with Crippen LogP contribution in [0.25, 0.3) is 0 Å². The normalized spacial score (nSPS) is 16.8. The number of para-hydroxylation sites is 1. The minimum Gasteiger partial charge on any atom is -0.372 e. The molecule has 2 heterocycles. The molecule has 1 aromatic carbocycles. The Labute approximate surface area is 147 Å². The molecule has 130 valence electrons.